The lowest BCUT2D eigenvalue weighted by molar-refractivity contribution is -0.237. The van der Waals surface area contributed by atoms with Gasteiger partial charge in [0, 0.05) is 34.1 Å². The van der Waals surface area contributed by atoms with Gasteiger partial charge in [-0.3, -0.25) is 23.7 Å². The van der Waals surface area contributed by atoms with Crippen molar-refractivity contribution in [1.29, 1.82) is 0 Å². The monoisotopic (exact) mass is 667 g/mol. The van der Waals surface area contributed by atoms with Crippen LogP contribution in [0.15, 0.2) is 17.3 Å². The van der Waals surface area contributed by atoms with Gasteiger partial charge in [-0.25, -0.2) is 4.28 Å². The Morgan fingerprint density at radius 1 is 0.841 bits per heavy atom. The van der Waals surface area contributed by atoms with Crippen molar-refractivity contribution >= 4 is 51.1 Å². The topological polar surface area (TPSA) is 218 Å². The second kappa shape index (κ2) is 16.3. The molecule has 5 atom stereocenters. The molecule has 1 saturated heterocycles. The van der Waals surface area contributed by atoms with Gasteiger partial charge in [-0.2, -0.15) is 8.42 Å². The van der Waals surface area contributed by atoms with E-state index >= 15 is 0 Å². The van der Waals surface area contributed by atoms with Crippen molar-refractivity contribution < 1.29 is 74.3 Å². The predicted octanol–water partition coefficient (Wildman–Crippen LogP) is 1.20. The van der Waals surface area contributed by atoms with E-state index in [0.717, 1.165) is 27.7 Å². The number of methoxy groups -OCH3 is 3. The Kier molecular flexibility index (Phi) is 13.5. The van der Waals surface area contributed by atoms with Crippen LogP contribution in [-0.2, 0) is 64.0 Å². The van der Waals surface area contributed by atoms with Gasteiger partial charge >= 0.3 is 34.3 Å². The van der Waals surface area contributed by atoms with Gasteiger partial charge < -0.3 is 37.9 Å². The number of esters is 4. The highest BCUT2D eigenvalue weighted by Gasteiger charge is 2.52. The third kappa shape index (κ3) is 11.0. The van der Waals surface area contributed by atoms with Crippen molar-refractivity contribution in [3.63, 3.8) is 0 Å². The van der Waals surface area contributed by atoms with E-state index in [1.165, 1.54) is 33.5 Å². The molecule has 0 spiro atoms. The molecule has 1 heterocycles. The molecule has 1 fully saturated rings. The molecule has 246 valence electrons. The maximum absolute atomic E-state index is 12.1. The second-order valence-electron chi connectivity index (χ2n) is 8.88. The molecule has 0 radical (unpaired) electrons. The Morgan fingerprint density at radius 3 is 1.82 bits per heavy atom. The predicted molar refractivity (Wildman–Crippen MR) is 149 cm³/mol. The minimum Gasteiger partial charge on any atom is -0.493 e. The minimum absolute atomic E-state index is 0.183. The van der Waals surface area contributed by atoms with Crippen molar-refractivity contribution in [2.24, 2.45) is 5.16 Å². The van der Waals surface area contributed by atoms with Gasteiger partial charge in [0.25, 0.3) is 0 Å². The summed E-state index contributed by atoms with van der Waals surface area (Å²) < 4.78 is 79.5. The fourth-order valence-corrected chi connectivity index (χ4v) is 5.39. The quantitative estimate of drug-likeness (QED) is 0.0780. The van der Waals surface area contributed by atoms with Gasteiger partial charge in [0.2, 0.25) is 5.75 Å². The highest BCUT2D eigenvalue weighted by molar-refractivity contribution is 8.14. The van der Waals surface area contributed by atoms with Gasteiger partial charge in [0.15, 0.2) is 29.8 Å². The first kappa shape index (κ1) is 36.4. The first-order chi connectivity index (χ1) is 20.6. The SMILES string of the molecule is COc1cc(CC(=NOS(=O)(=O)O)S[C@@H]2O[C@@H](COC(C)=O)[C@H](OC(C)=O)[C@@H](OC(C)=O)[C@H]2OC(C)=O)cc(OC)c1OC. The first-order valence-electron chi connectivity index (χ1n) is 12.6. The molecule has 1 N–H and O–H groups in total. The summed E-state index contributed by atoms with van der Waals surface area (Å²) in [5, 5.41) is 3.35. The Labute approximate surface area is 257 Å². The summed E-state index contributed by atoms with van der Waals surface area (Å²) in [5.41, 5.74) is -0.961. The number of hydrogen-bond donors (Lipinski definition) is 1. The number of thioether (sulfide) groups is 1. The van der Waals surface area contributed by atoms with Gasteiger partial charge in [0.1, 0.15) is 23.2 Å². The van der Waals surface area contributed by atoms with E-state index in [9.17, 15) is 32.1 Å². The molecule has 17 nitrogen and oxygen atoms in total. The summed E-state index contributed by atoms with van der Waals surface area (Å²) >= 11 is 0.643. The van der Waals surface area contributed by atoms with Crippen LogP contribution in [0, 0.1) is 0 Å². The molecule has 1 aliphatic rings. The first-order valence-corrected chi connectivity index (χ1v) is 14.8. The van der Waals surface area contributed by atoms with Crippen molar-refractivity contribution in [2.45, 2.75) is 64.0 Å². The molecule has 0 aliphatic carbocycles. The molecule has 2 rings (SSSR count). The van der Waals surface area contributed by atoms with E-state index in [1.54, 1.807) is 0 Å². The molecule has 0 amide bonds. The van der Waals surface area contributed by atoms with Crippen molar-refractivity contribution in [2.75, 3.05) is 27.9 Å². The van der Waals surface area contributed by atoms with Crippen LogP contribution in [0.1, 0.15) is 33.3 Å². The second-order valence-corrected chi connectivity index (χ2v) is 11.1. The van der Waals surface area contributed by atoms with Crippen LogP contribution < -0.4 is 14.2 Å². The van der Waals surface area contributed by atoms with E-state index in [0.29, 0.717) is 17.3 Å². The maximum atomic E-state index is 12.1. The van der Waals surface area contributed by atoms with E-state index in [1.807, 2.05) is 0 Å². The Hall–Kier alpha value is -3.81. The number of carbonyl (C=O) groups is 4. The van der Waals surface area contributed by atoms with E-state index in [-0.39, 0.29) is 28.7 Å². The Balaban J connectivity index is 2.64. The van der Waals surface area contributed by atoms with E-state index in [4.69, 9.17) is 37.9 Å². The number of ether oxygens (including phenoxy) is 8. The van der Waals surface area contributed by atoms with Crippen LogP contribution >= 0.6 is 11.8 Å². The van der Waals surface area contributed by atoms with Crippen LogP contribution in [0.25, 0.3) is 0 Å². The lowest BCUT2D eigenvalue weighted by atomic mass is 9.99. The average molecular weight is 668 g/mol. The smallest absolute Gasteiger partial charge is 0.466 e. The number of carbonyl (C=O) groups excluding carboxylic acids is 4. The molecular formula is C25H33NO16S2. The fourth-order valence-electron chi connectivity index (χ4n) is 4.01. The maximum Gasteiger partial charge on any atom is 0.466 e. The Morgan fingerprint density at radius 2 is 1.36 bits per heavy atom. The zero-order valence-corrected chi connectivity index (χ0v) is 26.4. The normalized spacial score (nSPS) is 21.8. The standard InChI is InChI=1S/C25H33NO16S2/c1-12(27)37-11-19-22(38-13(2)28)23(39-14(3)29)24(40-15(4)30)25(41-19)43-20(26-42-44(31,32)33)10-16-8-17(34-5)21(36-7)18(9-16)35-6/h8-9,19,22-25H,10-11H2,1-7H3,(H,31,32,33)/t19-,22-,23+,24+,25-/m0/s1. The summed E-state index contributed by atoms with van der Waals surface area (Å²) in [4.78, 5) is 47.8. The molecule has 0 aromatic heterocycles. The molecule has 0 unspecified atom stereocenters. The molecule has 0 bridgehead atoms. The lowest BCUT2D eigenvalue weighted by Gasteiger charge is -2.44. The highest BCUT2D eigenvalue weighted by atomic mass is 32.3. The van der Waals surface area contributed by atoms with Crippen LogP contribution in [0.5, 0.6) is 17.2 Å². The zero-order valence-electron chi connectivity index (χ0n) is 24.8. The number of hydrogen-bond acceptors (Lipinski definition) is 17. The van der Waals surface area contributed by atoms with Gasteiger partial charge in [-0.15, -0.1) is 0 Å². The molecule has 1 aromatic carbocycles. The molecule has 19 heteroatoms. The third-order valence-electron chi connectivity index (χ3n) is 5.51. The number of nitrogens with zero attached hydrogens (tertiary/aromatic N) is 1. The largest absolute Gasteiger partial charge is 0.493 e. The molecule has 1 aromatic rings. The van der Waals surface area contributed by atoms with E-state index in [2.05, 4.69) is 9.44 Å². The van der Waals surface area contributed by atoms with Gasteiger partial charge in [-0.1, -0.05) is 16.9 Å². The van der Waals surface area contributed by atoms with Crippen molar-refractivity contribution in [3.05, 3.63) is 17.7 Å². The van der Waals surface area contributed by atoms with Gasteiger partial charge in [-0.05, 0) is 17.7 Å². The van der Waals surface area contributed by atoms with Gasteiger partial charge in [0.05, 0.1) is 21.3 Å². The summed E-state index contributed by atoms with van der Waals surface area (Å²) in [6.45, 7) is 3.83. The third-order valence-corrected chi connectivity index (χ3v) is 6.88. The minimum atomic E-state index is -5.08. The summed E-state index contributed by atoms with van der Waals surface area (Å²) in [6.07, 6.45) is -5.89. The van der Waals surface area contributed by atoms with E-state index < -0.39 is 70.7 Å². The van der Waals surface area contributed by atoms with Crippen molar-refractivity contribution in [1.82, 2.24) is 0 Å². The molecular weight excluding hydrogens is 634 g/mol. The lowest BCUT2D eigenvalue weighted by Crippen LogP contribution is -2.61. The zero-order chi connectivity index (χ0) is 33.2. The van der Waals surface area contributed by atoms with Crippen molar-refractivity contribution in [3.8, 4) is 17.2 Å². The molecule has 0 saturated carbocycles. The highest BCUT2D eigenvalue weighted by Crippen LogP contribution is 2.40. The van der Waals surface area contributed by atoms with Crippen LogP contribution in [0.2, 0.25) is 0 Å². The summed E-state index contributed by atoms with van der Waals surface area (Å²) in [7, 11) is -0.926. The fraction of sp³-hybridized carbons (Fsp3) is 0.560. The summed E-state index contributed by atoms with van der Waals surface area (Å²) in [5.74, 6) is -2.47. The van der Waals surface area contributed by atoms with Crippen LogP contribution in [0.4, 0.5) is 0 Å². The summed E-state index contributed by atoms with van der Waals surface area (Å²) in [6, 6.07) is 3.05. The van der Waals surface area contributed by atoms with Crippen LogP contribution in [0.3, 0.4) is 0 Å². The molecule has 1 aliphatic heterocycles. The molecule has 44 heavy (non-hydrogen) atoms. The van der Waals surface area contributed by atoms with Crippen LogP contribution in [-0.4, -0.2) is 99.7 Å². The number of rotatable bonds is 13. The Bertz CT molecular complexity index is 1320. The number of benzene rings is 1. The number of oxime groups is 1. The average Bonchev–Trinajstić information content (AvgIpc) is 2.91.